The fourth-order valence-electron chi connectivity index (χ4n) is 1.53. The summed E-state index contributed by atoms with van der Waals surface area (Å²) in [6, 6.07) is 1.99. The summed E-state index contributed by atoms with van der Waals surface area (Å²) in [5.41, 5.74) is -0.697. The van der Waals surface area contributed by atoms with E-state index in [1.54, 1.807) is 0 Å². The highest BCUT2D eigenvalue weighted by Gasteiger charge is 2.27. The topological polar surface area (TPSA) is 78.8 Å². The fraction of sp³-hybridized carbons (Fsp3) is 0.417. The van der Waals surface area contributed by atoms with E-state index >= 15 is 0 Å². The molecule has 19 heavy (non-hydrogen) atoms. The number of hydrogen-bond acceptors (Lipinski definition) is 4. The number of rotatable bonds is 5. The number of carbonyl (C=O) groups excluding carboxylic acids is 1. The summed E-state index contributed by atoms with van der Waals surface area (Å²) in [6.07, 6.45) is -3.36. The Bertz CT molecular complexity index is 467. The first-order valence-corrected chi connectivity index (χ1v) is 5.51. The second-order valence-corrected chi connectivity index (χ2v) is 3.93. The first kappa shape index (κ1) is 15.3. The second kappa shape index (κ2) is 6.44. The van der Waals surface area contributed by atoms with Crippen LogP contribution in [-0.4, -0.2) is 35.9 Å². The van der Waals surface area contributed by atoms with Crippen LogP contribution in [0.15, 0.2) is 12.1 Å². The van der Waals surface area contributed by atoms with Gasteiger partial charge >= 0.3 is 0 Å². The predicted octanol–water partition coefficient (Wildman–Crippen LogP) is 0.504. The van der Waals surface area contributed by atoms with Crippen LogP contribution in [0.5, 0.6) is 5.75 Å². The van der Waals surface area contributed by atoms with Crippen LogP contribution in [0.3, 0.4) is 0 Å². The molecule has 5 nitrogen and oxygen atoms in total. The summed E-state index contributed by atoms with van der Waals surface area (Å²) in [5.74, 6) is -2.77. The third-order valence-electron chi connectivity index (χ3n) is 2.53. The van der Waals surface area contributed by atoms with E-state index in [1.807, 2.05) is 0 Å². The molecule has 0 spiro atoms. The van der Waals surface area contributed by atoms with Crippen LogP contribution >= 0.6 is 0 Å². The molecule has 7 heteroatoms. The van der Waals surface area contributed by atoms with Crippen LogP contribution in [0, 0.1) is 11.6 Å². The van der Waals surface area contributed by atoms with Crippen molar-refractivity contribution in [2.24, 2.45) is 0 Å². The first-order chi connectivity index (χ1) is 8.88. The third kappa shape index (κ3) is 3.62. The summed E-state index contributed by atoms with van der Waals surface area (Å²) in [4.78, 5) is 10.7. The lowest BCUT2D eigenvalue weighted by atomic mass is 10.0. The van der Waals surface area contributed by atoms with Crippen molar-refractivity contribution < 1.29 is 28.5 Å². The lowest BCUT2D eigenvalue weighted by Gasteiger charge is -2.20. The molecule has 0 bridgehead atoms. The number of amides is 1. The lowest BCUT2D eigenvalue weighted by molar-refractivity contribution is -0.119. The van der Waals surface area contributed by atoms with Crippen molar-refractivity contribution in [3.63, 3.8) is 0 Å². The fourth-order valence-corrected chi connectivity index (χ4v) is 1.53. The van der Waals surface area contributed by atoms with Gasteiger partial charge in [0.15, 0.2) is 11.6 Å². The van der Waals surface area contributed by atoms with Gasteiger partial charge in [0.1, 0.15) is 18.0 Å². The van der Waals surface area contributed by atoms with Crippen LogP contribution in [0.25, 0.3) is 0 Å². The van der Waals surface area contributed by atoms with Gasteiger partial charge in [0, 0.05) is 13.5 Å². The molecule has 0 saturated heterocycles. The van der Waals surface area contributed by atoms with Gasteiger partial charge in [-0.1, -0.05) is 0 Å². The van der Waals surface area contributed by atoms with Gasteiger partial charge in [-0.25, -0.2) is 8.78 Å². The number of aliphatic hydroxyl groups excluding tert-OH is 2. The maximum absolute atomic E-state index is 13.8. The largest absolute Gasteiger partial charge is 0.494 e. The van der Waals surface area contributed by atoms with Gasteiger partial charge in [0.05, 0.1) is 12.7 Å². The molecule has 2 unspecified atom stereocenters. The number of nitrogens with one attached hydrogen (secondary N) is 1. The molecular weight excluding hydrogens is 260 g/mol. The highest BCUT2D eigenvalue weighted by molar-refractivity contribution is 5.72. The van der Waals surface area contributed by atoms with Crippen molar-refractivity contribution in [3.05, 3.63) is 29.3 Å². The Balaban J connectivity index is 2.98. The Morgan fingerprint density at radius 2 is 2.05 bits per heavy atom. The van der Waals surface area contributed by atoms with E-state index in [1.165, 1.54) is 14.0 Å². The lowest BCUT2D eigenvalue weighted by Crippen LogP contribution is -2.34. The quantitative estimate of drug-likeness (QED) is 0.731. The zero-order valence-electron chi connectivity index (χ0n) is 10.5. The van der Waals surface area contributed by atoms with Crippen molar-refractivity contribution in [3.8, 4) is 5.75 Å². The van der Waals surface area contributed by atoms with Gasteiger partial charge in [0.25, 0.3) is 0 Å². The average Bonchev–Trinajstić information content (AvgIpc) is 2.36. The van der Waals surface area contributed by atoms with E-state index in [9.17, 15) is 23.8 Å². The summed E-state index contributed by atoms with van der Waals surface area (Å²) in [6.45, 7) is 0.887. The van der Waals surface area contributed by atoms with Gasteiger partial charge in [-0.15, -0.1) is 0 Å². The minimum atomic E-state index is -1.82. The van der Waals surface area contributed by atoms with E-state index in [2.05, 4.69) is 10.1 Å². The number of methoxy groups -OCH3 is 1. The Morgan fingerprint density at radius 3 is 2.58 bits per heavy atom. The molecule has 1 rings (SSSR count). The zero-order chi connectivity index (χ0) is 14.6. The molecule has 0 aliphatic rings. The molecule has 0 aliphatic heterocycles. The summed E-state index contributed by atoms with van der Waals surface area (Å²) >= 11 is 0. The smallest absolute Gasteiger partial charge is 0.216 e. The molecule has 3 N–H and O–H groups in total. The van der Waals surface area contributed by atoms with Crippen molar-refractivity contribution in [1.82, 2.24) is 5.32 Å². The molecule has 0 radical (unpaired) electrons. The standard InChI is InChI=1S/C12H15F2NO4/c1-6(16)15-5-8(17)12(18)10-7(13)3-4-9(19-2)11(10)14/h3-4,8,12,17-18H,5H2,1-2H3,(H,15,16). The van der Waals surface area contributed by atoms with Crippen molar-refractivity contribution in [2.45, 2.75) is 19.1 Å². The minimum absolute atomic E-state index is 0.248. The molecule has 1 aromatic carbocycles. The zero-order valence-corrected chi connectivity index (χ0v) is 10.5. The van der Waals surface area contributed by atoms with Crippen LogP contribution in [0.2, 0.25) is 0 Å². The molecule has 0 saturated carbocycles. The highest BCUT2D eigenvalue weighted by Crippen LogP contribution is 2.29. The van der Waals surface area contributed by atoms with Crippen LogP contribution in [0.4, 0.5) is 8.78 Å². The normalized spacial score (nSPS) is 13.8. The highest BCUT2D eigenvalue weighted by atomic mass is 19.1. The number of hydrogen-bond donors (Lipinski definition) is 3. The van der Waals surface area contributed by atoms with Gasteiger partial charge in [-0.2, -0.15) is 0 Å². The maximum atomic E-state index is 13.8. The molecule has 1 aromatic rings. The Hall–Kier alpha value is -1.73. The SMILES string of the molecule is COc1ccc(F)c(C(O)C(O)CNC(C)=O)c1F. The number of carbonyl (C=O) groups is 1. The van der Waals surface area contributed by atoms with Gasteiger partial charge < -0.3 is 20.3 Å². The molecular formula is C12H15F2NO4. The molecule has 0 aromatic heterocycles. The predicted molar refractivity (Wildman–Crippen MR) is 62.6 cm³/mol. The minimum Gasteiger partial charge on any atom is -0.494 e. The molecule has 0 aliphatic carbocycles. The van der Waals surface area contributed by atoms with Crippen molar-refractivity contribution in [2.75, 3.05) is 13.7 Å². The average molecular weight is 275 g/mol. The monoisotopic (exact) mass is 275 g/mol. The van der Waals surface area contributed by atoms with E-state index in [0.717, 1.165) is 12.1 Å². The summed E-state index contributed by atoms with van der Waals surface area (Å²) in [5, 5.41) is 21.6. The van der Waals surface area contributed by atoms with E-state index < -0.39 is 35.3 Å². The van der Waals surface area contributed by atoms with Gasteiger partial charge in [-0.3, -0.25) is 4.79 Å². The second-order valence-electron chi connectivity index (χ2n) is 3.93. The third-order valence-corrected chi connectivity index (χ3v) is 2.53. The molecule has 106 valence electrons. The van der Waals surface area contributed by atoms with Crippen LogP contribution < -0.4 is 10.1 Å². The summed E-state index contributed by atoms with van der Waals surface area (Å²) in [7, 11) is 1.19. The first-order valence-electron chi connectivity index (χ1n) is 5.51. The Labute approximate surface area is 108 Å². The molecule has 0 heterocycles. The number of benzene rings is 1. The van der Waals surface area contributed by atoms with Gasteiger partial charge in [0.2, 0.25) is 5.91 Å². The van der Waals surface area contributed by atoms with E-state index in [-0.39, 0.29) is 12.3 Å². The van der Waals surface area contributed by atoms with Crippen LogP contribution in [0.1, 0.15) is 18.6 Å². The number of halogens is 2. The van der Waals surface area contributed by atoms with Gasteiger partial charge in [-0.05, 0) is 12.1 Å². The van der Waals surface area contributed by atoms with Crippen LogP contribution in [-0.2, 0) is 4.79 Å². The maximum Gasteiger partial charge on any atom is 0.216 e. The molecule has 0 fully saturated rings. The Morgan fingerprint density at radius 1 is 1.42 bits per heavy atom. The van der Waals surface area contributed by atoms with Crippen molar-refractivity contribution >= 4 is 5.91 Å². The molecule has 1 amide bonds. The van der Waals surface area contributed by atoms with E-state index in [0.29, 0.717) is 0 Å². The number of ether oxygens (including phenoxy) is 1. The van der Waals surface area contributed by atoms with E-state index in [4.69, 9.17) is 0 Å². The number of aliphatic hydroxyl groups is 2. The summed E-state index contributed by atoms with van der Waals surface area (Å²) < 4.78 is 32.0. The Kier molecular flexibility index (Phi) is 5.20. The van der Waals surface area contributed by atoms with Crippen molar-refractivity contribution in [1.29, 1.82) is 0 Å². The molecule has 2 atom stereocenters.